The molecule has 0 aliphatic carbocycles. The quantitative estimate of drug-likeness (QED) is 0.645. The van der Waals surface area contributed by atoms with Gasteiger partial charge in [-0.25, -0.2) is 4.79 Å². The molecule has 7 nitrogen and oxygen atoms in total. The third-order valence-corrected chi connectivity index (χ3v) is 2.65. The molecule has 0 saturated carbocycles. The van der Waals surface area contributed by atoms with Crippen molar-refractivity contribution in [3.63, 3.8) is 0 Å². The Labute approximate surface area is 121 Å². The van der Waals surface area contributed by atoms with Crippen molar-refractivity contribution >= 4 is 17.8 Å². The first kappa shape index (κ1) is 16.5. The second kappa shape index (κ2) is 7.88. The maximum atomic E-state index is 11.9. The van der Waals surface area contributed by atoms with E-state index in [-0.39, 0.29) is 30.8 Å². The number of aliphatic carboxylic acids is 1. The SMILES string of the molecule is CCOC(=O)CC[C@H](NC(=O)c1cccc(O)c1)C(=O)O. The van der Waals surface area contributed by atoms with Crippen LogP contribution in [-0.2, 0) is 14.3 Å². The number of rotatable bonds is 7. The molecule has 7 heteroatoms. The van der Waals surface area contributed by atoms with Gasteiger partial charge in [0.1, 0.15) is 11.8 Å². The molecule has 1 amide bonds. The Morgan fingerprint density at radius 2 is 2.05 bits per heavy atom. The number of carboxylic acids is 1. The van der Waals surface area contributed by atoms with E-state index in [1.54, 1.807) is 6.92 Å². The van der Waals surface area contributed by atoms with Crippen LogP contribution in [0.25, 0.3) is 0 Å². The van der Waals surface area contributed by atoms with Crippen LogP contribution in [0.3, 0.4) is 0 Å². The fraction of sp³-hybridized carbons (Fsp3) is 0.357. The molecule has 0 aromatic heterocycles. The van der Waals surface area contributed by atoms with Crippen LogP contribution in [0, 0.1) is 0 Å². The van der Waals surface area contributed by atoms with Crippen molar-refractivity contribution < 1.29 is 29.3 Å². The van der Waals surface area contributed by atoms with Gasteiger partial charge in [-0.2, -0.15) is 0 Å². The van der Waals surface area contributed by atoms with Gasteiger partial charge in [0.2, 0.25) is 0 Å². The predicted octanol–water partition coefficient (Wildman–Crippen LogP) is 0.918. The molecule has 1 aromatic rings. The number of aromatic hydroxyl groups is 1. The van der Waals surface area contributed by atoms with Crippen molar-refractivity contribution in [1.29, 1.82) is 0 Å². The second-order valence-electron chi connectivity index (χ2n) is 4.26. The summed E-state index contributed by atoms with van der Waals surface area (Å²) in [5.41, 5.74) is 0.136. The Hall–Kier alpha value is -2.57. The summed E-state index contributed by atoms with van der Waals surface area (Å²) in [6.45, 7) is 1.86. The molecule has 0 saturated heterocycles. The van der Waals surface area contributed by atoms with Gasteiger partial charge in [0.25, 0.3) is 5.91 Å². The summed E-state index contributed by atoms with van der Waals surface area (Å²) >= 11 is 0. The van der Waals surface area contributed by atoms with Gasteiger partial charge in [-0.15, -0.1) is 0 Å². The van der Waals surface area contributed by atoms with E-state index in [0.717, 1.165) is 0 Å². The average molecular weight is 295 g/mol. The molecule has 1 aromatic carbocycles. The van der Waals surface area contributed by atoms with Crippen LogP contribution in [0.5, 0.6) is 5.75 Å². The molecule has 114 valence electrons. The molecule has 0 aliphatic heterocycles. The van der Waals surface area contributed by atoms with Crippen LogP contribution >= 0.6 is 0 Å². The Bertz CT molecular complexity index is 528. The number of esters is 1. The number of ether oxygens (including phenoxy) is 1. The number of hydrogen-bond acceptors (Lipinski definition) is 5. The average Bonchev–Trinajstić information content (AvgIpc) is 2.43. The maximum absolute atomic E-state index is 11.9. The lowest BCUT2D eigenvalue weighted by Gasteiger charge is -2.14. The molecule has 0 aliphatic rings. The van der Waals surface area contributed by atoms with E-state index in [0.29, 0.717) is 0 Å². The number of amides is 1. The number of carbonyl (C=O) groups excluding carboxylic acids is 2. The first-order valence-corrected chi connectivity index (χ1v) is 6.42. The Morgan fingerprint density at radius 3 is 2.62 bits per heavy atom. The molecule has 0 unspecified atom stereocenters. The van der Waals surface area contributed by atoms with E-state index in [1.807, 2.05) is 0 Å². The van der Waals surface area contributed by atoms with Gasteiger partial charge < -0.3 is 20.3 Å². The van der Waals surface area contributed by atoms with E-state index in [1.165, 1.54) is 24.3 Å². The Balaban J connectivity index is 2.64. The molecule has 0 heterocycles. The second-order valence-corrected chi connectivity index (χ2v) is 4.26. The number of hydrogen-bond donors (Lipinski definition) is 3. The Kier molecular flexibility index (Phi) is 6.19. The van der Waals surface area contributed by atoms with Crippen molar-refractivity contribution in [2.24, 2.45) is 0 Å². The van der Waals surface area contributed by atoms with Crippen LogP contribution in [-0.4, -0.2) is 40.7 Å². The van der Waals surface area contributed by atoms with Crippen molar-refractivity contribution in [3.8, 4) is 5.75 Å². The van der Waals surface area contributed by atoms with Crippen LogP contribution in [0.4, 0.5) is 0 Å². The highest BCUT2D eigenvalue weighted by atomic mass is 16.5. The van der Waals surface area contributed by atoms with Gasteiger partial charge in [-0.1, -0.05) is 6.07 Å². The lowest BCUT2D eigenvalue weighted by molar-refractivity contribution is -0.144. The molecule has 0 radical (unpaired) electrons. The zero-order valence-electron chi connectivity index (χ0n) is 11.5. The van der Waals surface area contributed by atoms with Crippen LogP contribution < -0.4 is 5.32 Å². The maximum Gasteiger partial charge on any atom is 0.326 e. The summed E-state index contributed by atoms with van der Waals surface area (Å²) < 4.78 is 4.70. The minimum atomic E-state index is -1.24. The summed E-state index contributed by atoms with van der Waals surface area (Å²) in [6, 6.07) is 4.33. The first-order chi connectivity index (χ1) is 9.93. The van der Waals surface area contributed by atoms with Crippen LogP contribution in [0.15, 0.2) is 24.3 Å². The monoisotopic (exact) mass is 295 g/mol. The fourth-order valence-corrected chi connectivity index (χ4v) is 1.64. The van der Waals surface area contributed by atoms with Gasteiger partial charge in [0.05, 0.1) is 6.61 Å². The highest BCUT2D eigenvalue weighted by molar-refractivity contribution is 5.96. The fourth-order valence-electron chi connectivity index (χ4n) is 1.64. The number of phenolic OH excluding ortho intramolecular Hbond substituents is 1. The van der Waals surface area contributed by atoms with Crippen molar-refractivity contribution in [2.45, 2.75) is 25.8 Å². The van der Waals surface area contributed by atoms with Crippen molar-refractivity contribution in [2.75, 3.05) is 6.61 Å². The number of carbonyl (C=O) groups is 3. The summed E-state index contributed by atoms with van der Waals surface area (Å²) in [4.78, 5) is 34.2. The van der Waals surface area contributed by atoms with Gasteiger partial charge in [-0.05, 0) is 31.5 Å². The van der Waals surface area contributed by atoms with Crippen LogP contribution in [0.2, 0.25) is 0 Å². The molecule has 0 spiro atoms. The summed E-state index contributed by atoms with van der Waals surface area (Å²) in [7, 11) is 0. The van der Waals surface area contributed by atoms with E-state index in [9.17, 15) is 19.5 Å². The van der Waals surface area contributed by atoms with E-state index in [4.69, 9.17) is 9.84 Å². The standard InChI is InChI=1S/C14H17NO6/c1-2-21-12(17)7-6-11(14(19)20)15-13(18)9-4-3-5-10(16)8-9/h3-5,8,11,16H,2,6-7H2,1H3,(H,15,18)(H,19,20)/t11-/m0/s1. The lowest BCUT2D eigenvalue weighted by Crippen LogP contribution is -2.41. The number of phenols is 1. The van der Waals surface area contributed by atoms with Gasteiger partial charge in [-0.3, -0.25) is 9.59 Å². The minimum absolute atomic E-state index is 0.0707. The zero-order valence-corrected chi connectivity index (χ0v) is 11.5. The molecule has 0 fully saturated rings. The lowest BCUT2D eigenvalue weighted by atomic mass is 10.1. The smallest absolute Gasteiger partial charge is 0.326 e. The molecule has 21 heavy (non-hydrogen) atoms. The zero-order chi connectivity index (χ0) is 15.8. The number of nitrogens with one attached hydrogen (secondary N) is 1. The molecular formula is C14H17NO6. The molecular weight excluding hydrogens is 278 g/mol. The Morgan fingerprint density at radius 1 is 1.33 bits per heavy atom. The van der Waals surface area contributed by atoms with Gasteiger partial charge >= 0.3 is 11.9 Å². The number of carboxylic acid groups (broad SMARTS) is 1. The highest BCUT2D eigenvalue weighted by Gasteiger charge is 2.22. The van der Waals surface area contributed by atoms with Crippen molar-refractivity contribution in [3.05, 3.63) is 29.8 Å². The first-order valence-electron chi connectivity index (χ1n) is 6.42. The van der Waals surface area contributed by atoms with Gasteiger partial charge in [0.15, 0.2) is 0 Å². The third kappa shape index (κ3) is 5.52. The summed E-state index contributed by atoms with van der Waals surface area (Å²) in [5, 5.41) is 20.6. The molecule has 1 rings (SSSR count). The van der Waals surface area contributed by atoms with Crippen molar-refractivity contribution in [1.82, 2.24) is 5.32 Å². The van der Waals surface area contributed by atoms with Gasteiger partial charge in [0, 0.05) is 12.0 Å². The topological polar surface area (TPSA) is 113 Å². The summed E-state index contributed by atoms with van der Waals surface area (Å²) in [5.74, 6) is -2.49. The normalized spacial score (nSPS) is 11.5. The van der Waals surface area contributed by atoms with Crippen LogP contribution in [0.1, 0.15) is 30.1 Å². The molecule has 1 atom stereocenters. The highest BCUT2D eigenvalue weighted by Crippen LogP contribution is 2.11. The van der Waals surface area contributed by atoms with E-state index >= 15 is 0 Å². The predicted molar refractivity (Wildman–Crippen MR) is 72.9 cm³/mol. The van der Waals surface area contributed by atoms with E-state index in [2.05, 4.69) is 5.32 Å². The minimum Gasteiger partial charge on any atom is -0.508 e. The number of benzene rings is 1. The molecule has 3 N–H and O–H groups in total. The largest absolute Gasteiger partial charge is 0.508 e. The summed E-state index contributed by atoms with van der Waals surface area (Å²) in [6.07, 6.45) is -0.177. The third-order valence-electron chi connectivity index (χ3n) is 2.65. The molecule has 0 bridgehead atoms. The van der Waals surface area contributed by atoms with E-state index < -0.39 is 23.9 Å².